The molecule has 15 heavy (non-hydrogen) atoms. The highest BCUT2D eigenvalue weighted by atomic mass is 79.9. The van der Waals surface area contributed by atoms with Crippen molar-refractivity contribution in [2.24, 2.45) is 0 Å². The van der Waals surface area contributed by atoms with Crippen LogP contribution in [0.1, 0.15) is 30.3 Å². The molecule has 1 aromatic heterocycles. The van der Waals surface area contributed by atoms with Gasteiger partial charge in [0.1, 0.15) is 5.82 Å². The zero-order valence-corrected chi connectivity index (χ0v) is 10.1. The largest absolute Gasteiger partial charge is 0.237 e. The van der Waals surface area contributed by atoms with Crippen LogP contribution < -0.4 is 0 Å². The van der Waals surface area contributed by atoms with Crippen LogP contribution in [0.3, 0.4) is 0 Å². The number of halogens is 1. The van der Waals surface area contributed by atoms with Crippen LogP contribution in [0, 0.1) is 6.92 Å². The van der Waals surface area contributed by atoms with E-state index in [2.05, 4.69) is 44.1 Å². The smallest absolute Gasteiger partial charge is 0.126 e. The van der Waals surface area contributed by atoms with Gasteiger partial charge in [-0.25, -0.2) is 9.97 Å². The van der Waals surface area contributed by atoms with E-state index in [1.807, 2.05) is 6.92 Å². The molecule has 1 aliphatic carbocycles. The lowest BCUT2D eigenvalue weighted by Crippen LogP contribution is -1.96. The standard InChI is InChI=1S/C12H11BrN2/c1-7-14-11-6-9(13)4-5-10(11)12(15-7)8-2-3-8/h4-6,8H,2-3H2,1H3. The molecule has 0 amide bonds. The summed E-state index contributed by atoms with van der Waals surface area (Å²) in [5, 5.41) is 1.21. The first-order valence-electron chi connectivity index (χ1n) is 5.18. The summed E-state index contributed by atoms with van der Waals surface area (Å²) >= 11 is 3.47. The van der Waals surface area contributed by atoms with E-state index in [1.54, 1.807) is 0 Å². The van der Waals surface area contributed by atoms with Crippen molar-refractivity contribution in [3.8, 4) is 0 Å². The fourth-order valence-electron chi connectivity index (χ4n) is 1.92. The van der Waals surface area contributed by atoms with Crippen molar-refractivity contribution in [2.45, 2.75) is 25.7 Å². The molecule has 0 radical (unpaired) electrons. The first kappa shape index (κ1) is 9.28. The molecule has 2 aromatic rings. The van der Waals surface area contributed by atoms with Crippen molar-refractivity contribution in [3.05, 3.63) is 34.2 Å². The molecule has 0 unspecified atom stereocenters. The summed E-state index contributed by atoms with van der Waals surface area (Å²) < 4.78 is 1.08. The molecule has 0 spiro atoms. The summed E-state index contributed by atoms with van der Waals surface area (Å²) in [6, 6.07) is 6.25. The molecule has 0 saturated heterocycles. The van der Waals surface area contributed by atoms with Crippen molar-refractivity contribution >= 4 is 26.8 Å². The van der Waals surface area contributed by atoms with Gasteiger partial charge in [0.15, 0.2) is 0 Å². The second-order valence-corrected chi connectivity index (χ2v) is 5.01. The average molecular weight is 263 g/mol. The van der Waals surface area contributed by atoms with Crippen molar-refractivity contribution in [3.63, 3.8) is 0 Å². The predicted molar refractivity (Wildman–Crippen MR) is 64.0 cm³/mol. The van der Waals surface area contributed by atoms with Gasteiger partial charge in [-0.1, -0.05) is 15.9 Å². The predicted octanol–water partition coefficient (Wildman–Crippen LogP) is 3.58. The Hall–Kier alpha value is -0.960. The van der Waals surface area contributed by atoms with Crippen LogP contribution in [0.2, 0.25) is 0 Å². The number of nitrogens with zero attached hydrogens (tertiary/aromatic N) is 2. The fourth-order valence-corrected chi connectivity index (χ4v) is 2.26. The summed E-state index contributed by atoms with van der Waals surface area (Å²) in [5.41, 5.74) is 2.30. The monoisotopic (exact) mass is 262 g/mol. The van der Waals surface area contributed by atoms with Gasteiger partial charge >= 0.3 is 0 Å². The van der Waals surface area contributed by atoms with Crippen molar-refractivity contribution < 1.29 is 0 Å². The minimum Gasteiger partial charge on any atom is -0.237 e. The molecule has 1 heterocycles. The van der Waals surface area contributed by atoms with Gasteiger partial charge < -0.3 is 0 Å². The summed E-state index contributed by atoms with van der Waals surface area (Å²) in [6.45, 7) is 1.96. The molecular weight excluding hydrogens is 252 g/mol. The van der Waals surface area contributed by atoms with Gasteiger partial charge in [-0.15, -0.1) is 0 Å². The Kier molecular flexibility index (Phi) is 2.02. The molecule has 0 atom stereocenters. The Labute approximate surface area is 96.9 Å². The van der Waals surface area contributed by atoms with Crippen molar-refractivity contribution in [2.75, 3.05) is 0 Å². The van der Waals surface area contributed by atoms with E-state index in [0.717, 1.165) is 15.8 Å². The quantitative estimate of drug-likeness (QED) is 0.785. The van der Waals surface area contributed by atoms with Crippen LogP contribution in [0.4, 0.5) is 0 Å². The fraction of sp³-hybridized carbons (Fsp3) is 0.333. The molecule has 76 valence electrons. The molecule has 3 heteroatoms. The SMILES string of the molecule is Cc1nc(C2CC2)c2ccc(Br)cc2n1. The number of rotatable bonds is 1. The van der Waals surface area contributed by atoms with Gasteiger partial charge in [-0.05, 0) is 38.0 Å². The highest BCUT2D eigenvalue weighted by molar-refractivity contribution is 9.10. The van der Waals surface area contributed by atoms with Crippen molar-refractivity contribution in [1.29, 1.82) is 0 Å². The van der Waals surface area contributed by atoms with E-state index in [9.17, 15) is 0 Å². The highest BCUT2D eigenvalue weighted by Gasteiger charge is 2.27. The van der Waals surface area contributed by atoms with Crippen LogP contribution in [0.5, 0.6) is 0 Å². The van der Waals surface area contributed by atoms with E-state index in [4.69, 9.17) is 0 Å². The third-order valence-electron chi connectivity index (χ3n) is 2.76. The zero-order chi connectivity index (χ0) is 10.4. The van der Waals surface area contributed by atoms with Gasteiger partial charge in [0.2, 0.25) is 0 Å². The summed E-state index contributed by atoms with van der Waals surface area (Å²) in [5.74, 6) is 1.55. The van der Waals surface area contributed by atoms with Gasteiger partial charge in [0.25, 0.3) is 0 Å². The van der Waals surface area contributed by atoms with Gasteiger partial charge in [0, 0.05) is 15.8 Å². The minimum atomic E-state index is 0.676. The Morgan fingerprint density at radius 3 is 2.80 bits per heavy atom. The van der Waals surface area contributed by atoms with Crippen LogP contribution in [0.15, 0.2) is 22.7 Å². The topological polar surface area (TPSA) is 25.8 Å². The molecular formula is C12H11BrN2. The Balaban J connectivity index is 2.33. The minimum absolute atomic E-state index is 0.676. The van der Waals surface area contributed by atoms with E-state index in [-0.39, 0.29) is 0 Å². The van der Waals surface area contributed by atoms with Gasteiger partial charge in [0.05, 0.1) is 11.2 Å². The average Bonchev–Trinajstić information content (AvgIpc) is 2.98. The lowest BCUT2D eigenvalue weighted by atomic mass is 10.1. The first-order valence-corrected chi connectivity index (χ1v) is 5.97. The maximum atomic E-state index is 4.57. The molecule has 0 bridgehead atoms. The van der Waals surface area contributed by atoms with Crippen LogP contribution in [-0.2, 0) is 0 Å². The summed E-state index contributed by atoms with van der Waals surface area (Å²) in [4.78, 5) is 9.03. The van der Waals surface area contributed by atoms with Crippen LogP contribution >= 0.6 is 15.9 Å². The lowest BCUT2D eigenvalue weighted by Gasteiger charge is -2.05. The van der Waals surface area contributed by atoms with E-state index in [1.165, 1.54) is 23.9 Å². The third-order valence-corrected chi connectivity index (χ3v) is 3.26. The second-order valence-electron chi connectivity index (χ2n) is 4.09. The third kappa shape index (κ3) is 1.65. The van der Waals surface area contributed by atoms with E-state index < -0.39 is 0 Å². The molecule has 3 rings (SSSR count). The van der Waals surface area contributed by atoms with Crippen LogP contribution in [0.25, 0.3) is 10.9 Å². The summed E-state index contributed by atoms with van der Waals surface area (Å²) in [7, 11) is 0. The highest BCUT2D eigenvalue weighted by Crippen LogP contribution is 2.41. The molecule has 1 saturated carbocycles. The molecule has 1 fully saturated rings. The van der Waals surface area contributed by atoms with Gasteiger partial charge in [-0.3, -0.25) is 0 Å². The van der Waals surface area contributed by atoms with Crippen LogP contribution in [-0.4, -0.2) is 9.97 Å². The van der Waals surface area contributed by atoms with E-state index in [0.29, 0.717) is 5.92 Å². The number of aryl methyl sites for hydroxylation is 1. The van der Waals surface area contributed by atoms with Crippen molar-refractivity contribution in [1.82, 2.24) is 9.97 Å². The van der Waals surface area contributed by atoms with E-state index >= 15 is 0 Å². The Morgan fingerprint density at radius 1 is 1.27 bits per heavy atom. The molecule has 0 aliphatic heterocycles. The Bertz CT molecular complexity index is 527. The number of benzene rings is 1. The lowest BCUT2D eigenvalue weighted by molar-refractivity contribution is 0.972. The maximum Gasteiger partial charge on any atom is 0.126 e. The molecule has 1 aliphatic rings. The first-order chi connectivity index (χ1) is 7.24. The molecule has 1 aromatic carbocycles. The zero-order valence-electron chi connectivity index (χ0n) is 8.50. The number of fused-ring (bicyclic) bond motifs is 1. The Morgan fingerprint density at radius 2 is 2.07 bits per heavy atom. The van der Waals surface area contributed by atoms with Gasteiger partial charge in [-0.2, -0.15) is 0 Å². The molecule has 0 N–H and O–H groups in total. The number of hydrogen-bond donors (Lipinski definition) is 0. The molecule has 2 nitrogen and oxygen atoms in total. The summed E-state index contributed by atoms with van der Waals surface area (Å²) in [6.07, 6.45) is 2.56. The second kappa shape index (κ2) is 3.27. The number of hydrogen-bond acceptors (Lipinski definition) is 2. The number of aromatic nitrogens is 2. The normalized spacial score (nSPS) is 15.9. The maximum absolute atomic E-state index is 4.57.